The fourth-order valence-corrected chi connectivity index (χ4v) is 3.50. The predicted octanol–water partition coefficient (Wildman–Crippen LogP) is 1.02. The zero-order valence-electron chi connectivity index (χ0n) is 12.0. The van der Waals surface area contributed by atoms with Crippen molar-refractivity contribution in [3.63, 3.8) is 0 Å². The van der Waals surface area contributed by atoms with Gasteiger partial charge in [0, 0.05) is 25.3 Å². The first kappa shape index (κ1) is 14.1. The van der Waals surface area contributed by atoms with Crippen molar-refractivity contribution in [1.82, 2.24) is 4.90 Å². The van der Waals surface area contributed by atoms with E-state index in [4.69, 9.17) is 5.11 Å². The lowest BCUT2D eigenvalue weighted by Gasteiger charge is -2.38. The van der Waals surface area contributed by atoms with E-state index in [0.29, 0.717) is 19.6 Å². The van der Waals surface area contributed by atoms with Crippen molar-refractivity contribution in [2.75, 3.05) is 31.1 Å². The molecule has 1 spiro atoms. The van der Waals surface area contributed by atoms with Crippen molar-refractivity contribution in [3.8, 4) is 0 Å². The minimum Gasteiger partial charge on any atom is -0.387 e. The van der Waals surface area contributed by atoms with Gasteiger partial charge in [-0.2, -0.15) is 0 Å². The van der Waals surface area contributed by atoms with Gasteiger partial charge in [-0.25, -0.2) is 0 Å². The molecule has 0 saturated carbocycles. The summed E-state index contributed by atoms with van der Waals surface area (Å²) < 4.78 is 0. The Morgan fingerprint density at radius 3 is 2.67 bits per heavy atom. The maximum Gasteiger partial charge on any atom is 0.248 e. The number of anilines is 1. The molecule has 2 aliphatic heterocycles. The number of likely N-dealkylation sites (tertiary alicyclic amines) is 1. The first-order chi connectivity index (χ1) is 10.2. The van der Waals surface area contributed by atoms with E-state index in [1.54, 1.807) is 4.90 Å². The molecule has 5 heteroatoms. The Labute approximate surface area is 124 Å². The molecule has 2 fully saturated rings. The number of carbonyl (C=O) groups excluding carboxylic acids is 2. The lowest BCUT2D eigenvalue weighted by Crippen LogP contribution is -2.50. The average molecular weight is 288 g/mol. The molecule has 2 amide bonds. The van der Waals surface area contributed by atoms with Gasteiger partial charge in [0.1, 0.15) is 6.61 Å². The molecule has 2 aliphatic rings. The van der Waals surface area contributed by atoms with E-state index < -0.39 is 12.0 Å². The maximum atomic E-state index is 12.9. The number of benzene rings is 1. The van der Waals surface area contributed by atoms with Gasteiger partial charge in [0.15, 0.2) is 0 Å². The molecule has 3 rings (SSSR count). The minimum atomic E-state index is -0.479. The summed E-state index contributed by atoms with van der Waals surface area (Å²) in [6.45, 7) is 1.30. The van der Waals surface area contributed by atoms with Crippen LogP contribution in [0.5, 0.6) is 0 Å². The highest BCUT2D eigenvalue weighted by atomic mass is 16.3. The van der Waals surface area contributed by atoms with E-state index in [9.17, 15) is 9.59 Å². The fourth-order valence-electron chi connectivity index (χ4n) is 3.50. The molecular weight excluding hydrogens is 268 g/mol. The second kappa shape index (κ2) is 5.48. The highest BCUT2D eigenvalue weighted by molar-refractivity contribution is 6.00. The van der Waals surface area contributed by atoms with Gasteiger partial charge in [-0.3, -0.25) is 9.59 Å². The van der Waals surface area contributed by atoms with Gasteiger partial charge in [-0.15, -0.1) is 0 Å². The quantitative estimate of drug-likeness (QED) is 0.884. The van der Waals surface area contributed by atoms with Gasteiger partial charge in [-0.05, 0) is 31.4 Å². The van der Waals surface area contributed by atoms with E-state index in [2.05, 4.69) is 0 Å². The molecule has 1 atom stereocenters. The monoisotopic (exact) mass is 288 g/mol. The Balaban J connectivity index is 1.80. The summed E-state index contributed by atoms with van der Waals surface area (Å²) in [4.78, 5) is 28.0. The second-order valence-corrected chi connectivity index (χ2v) is 5.90. The summed E-state index contributed by atoms with van der Waals surface area (Å²) in [5.74, 6) is -0.163. The van der Waals surface area contributed by atoms with Crippen LogP contribution in [0.2, 0.25) is 0 Å². The maximum absolute atomic E-state index is 12.9. The van der Waals surface area contributed by atoms with E-state index in [1.165, 1.54) is 0 Å². The number of rotatable bonds is 2. The van der Waals surface area contributed by atoms with Crippen LogP contribution in [0.25, 0.3) is 0 Å². The van der Waals surface area contributed by atoms with Crippen LogP contribution in [0.1, 0.15) is 19.3 Å². The largest absolute Gasteiger partial charge is 0.387 e. The third-order valence-electron chi connectivity index (χ3n) is 4.65. The lowest BCUT2D eigenvalue weighted by atomic mass is 9.78. The molecule has 112 valence electrons. The first-order valence-corrected chi connectivity index (χ1v) is 7.42. The summed E-state index contributed by atoms with van der Waals surface area (Å²) in [7, 11) is 0. The van der Waals surface area contributed by atoms with Crippen molar-refractivity contribution >= 4 is 17.5 Å². The van der Waals surface area contributed by atoms with Crippen molar-refractivity contribution < 1.29 is 14.7 Å². The van der Waals surface area contributed by atoms with Gasteiger partial charge in [-0.1, -0.05) is 18.2 Å². The molecule has 0 aliphatic carbocycles. The van der Waals surface area contributed by atoms with Crippen LogP contribution < -0.4 is 4.90 Å². The number of piperidine rings is 1. The van der Waals surface area contributed by atoms with Gasteiger partial charge in [0.05, 0.1) is 5.41 Å². The van der Waals surface area contributed by atoms with Crippen LogP contribution in [0, 0.1) is 5.41 Å². The summed E-state index contributed by atoms with van der Waals surface area (Å²) in [5.41, 5.74) is 0.462. The summed E-state index contributed by atoms with van der Waals surface area (Å²) >= 11 is 0. The molecule has 1 aromatic rings. The van der Waals surface area contributed by atoms with Crippen LogP contribution in [0.15, 0.2) is 30.3 Å². The number of para-hydroxylation sites is 1. The van der Waals surface area contributed by atoms with E-state index >= 15 is 0 Å². The molecule has 0 bridgehead atoms. The molecular formula is C16H20N2O3. The average Bonchev–Trinajstić information content (AvgIpc) is 2.84. The van der Waals surface area contributed by atoms with E-state index in [0.717, 1.165) is 24.9 Å². The number of nitrogens with zero attached hydrogens (tertiary/aromatic N) is 2. The molecule has 1 aromatic carbocycles. The smallest absolute Gasteiger partial charge is 0.248 e. The Morgan fingerprint density at radius 1 is 1.19 bits per heavy atom. The van der Waals surface area contributed by atoms with Gasteiger partial charge >= 0.3 is 0 Å². The summed E-state index contributed by atoms with van der Waals surface area (Å²) in [6.07, 6.45) is 2.42. The van der Waals surface area contributed by atoms with Gasteiger partial charge in [0.2, 0.25) is 11.8 Å². The molecule has 5 nitrogen and oxygen atoms in total. The molecule has 2 saturated heterocycles. The number of amides is 2. The SMILES string of the molecule is O=C(CO)N1CCC[C@@]2(CCN(c3ccccc3)C2=O)C1. The van der Waals surface area contributed by atoms with Gasteiger partial charge in [0.25, 0.3) is 0 Å². The number of carbonyl (C=O) groups is 2. The normalized spacial score (nSPS) is 25.7. The Hall–Kier alpha value is -1.88. The van der Waals surface area contributed by atoms with E-state index in [1.807, 2.05) is 35.2 Å². The third kappa shape index (κ3) is 2.42. The molecule has 0 radical (unpaired) electrons. The van der Waals surface area contributed by atoms with Crippen molar-refractivity contribution in [2.45, 2.75) is 19.3 Å². The second-order valence-electron chi connectivity index (χ2n) is 5.90. The zero-order chi connectivity index (χ0) is 14.9. The van der Waals surface area contributed by atoms with Crippen LogP contribution in [-0.2, 0) is 9.59 Å². The predicted molar refractivity (Wildman–Crippen MR) is 78.7 cm³/mol. The minimum absolute atomic E-state index is 0.115. The zero-order valence-corrected chi connectivity index (χ0v) is 12.0. The highest BCUT2D eigenvalue weighted by Crippen LogP contribution is 2.41. The highest BCUT2D eigenvalue weighted by Gasteiger charge is 2.49. The van der Waals surface area contributed by atoms with Crippen LogP contribution in [-0.4, -0.2) is 48.1 Å². The van der Waals surface area contributed by atoms with Crippen molar-refractivity contribution in [2.24, 2.45) is 5.41 Å². The fraction of sp³-hybridized carbons (Fsp3) is 0.500. The Bertz CT molecular complexity index is 546. The number of aliphatic hydroxyl groups is 1. The summed E-state index contributed by atoms with van der Waals surface area (Å²) in [6, 6.07) is 9.67. The number of hydrogen-bond donors (Lipinski definition) is 1. The van der Waals surface area contributed by atoms with Crippen LogP contribution >= 0.6 is 0 Å². The molecule has 0 unspecified atom stereocenters. The number of aliphatic hydroxyl groups excluding tert-OH is 1. The Morgan fingerprint density at radius 2 is 1.95 bits per heavy atom. The van der Waals surface area contributed by atoms with Crippen LogP contribution in [0.4, 0.5) is 5.69 Å². The molecule has 2 heterocycles. The molecule has 1 N–H and O–H groups in total. The van der Waals surface area contributed by atoms with Crippen LogP contribution in [0.3, 0.4) is 0 Å². The first-order valence-electron chi connectivity index (χ1n) is 7.42. The topological polar surface area (TPSA) is 60.9 Å². The standard InChI is InChI=1S/C16H20N2O3/c19-11-14(20)17-9-4-7-16(12-17)8-10-18(15(16)21)13-5-2-1-3-6-13/h1-3,5-6,19H,4,7-12H2/t16-/m1/s1. The van der Waals surface area contributed by atoms with Gasteiger partial charge < -0.3 is 14.9 Å². The molecule has 21 heavy (non-hydrogen) atoms. The Kier molecular flexibility index (Phi) is 3.68. The number of hydrogen-bond acceptors (Lipinski definition) is 3. The van der Waals surface area contributed by atoms with Crippen molar-refractivity contribution in [1.29, 1.82) is 0 Å². The molecule has 0 aromatic heterocycles. The van der Waals surface area contributed by atoms with Crippen molar-refractivity contribution in [3.05, 3.63) is 30.3 Å². The van der Waals surface area contributed by atoms with E-state index in [-0.39, 0.29) is 11.8 Å². The summed E-state index contributed by atoms with van der Waals surface area (Å²) in [5, 5.41) is 9.03. The lowest BCUT2D eigenvalue weighted by molar-refractivity contribution is -0.140. The third-order valence-corrected chi connectivity index (χ3v) is 4.65.